The topological polar surface area (TPSA) is 69.1 Å². The monoisotopic (exact) mass is 443 g/mol. The minimum absolute atomic E-state index is 0.0269. The van der Waals surface area contributed by atoms with Crippen LogP contribution >= 0.6 is 0 Å². The molecule has 8 aromatic rings. The van der Waals surface area contributed by atoms with Crippen molar-refractivity contribution in [1.82, 2.24) is 4.40 Å². The molecular weight excluding hydrogens is 430 g/mol. The molecule has 8 rings (SSSR count). The lowest BCUT2D eigenvalue weighted by Crippen LogP contribution is -2.03. The highest BCUT2D eigenvalue weighted by Gasteiger charge is 2.23. The fraction of sp³-hybridized carbons (Fsp3) is 0. The van der Waals surface area contributed by atoms with Crippen molar-refractivity contribution < 1.29 is 0 Å². The predicted molar refractivity (Wildman–Crippen MR) is 141 cm³/mol. The summed E-state index contributed by atoms with van der Waals surface area (Å²) >= 11 is 0. The standard InChI is InChI=1S/C31H13N3O/c32-14-16-7-9-19-23-13-24-28(21-5-1-3-18-4-2-6-22(27(18)21)31(24)35)29-20-10-8-17(15-33)12-26(20)34(30(23)29)25(19)11-16/h1-13H. The van der Waals surface area contributed by atoms with E-state index < -0.39 is 0 Å². The molecule has 0 aliphatic carbocycles. The highest BCUT2D eigenvalue weighted by atomic mass is 16.1. The molecule has 0 saturated heterocycles. The molecule has 0 radical (unpaired) electrons. The van der Waals surface area contributed by atoms with Crippen molar-refractivity contribution in [2.45, 2.75) is 0 Å². The van der Waals surface area contributed by atoms with Crippen molar-refractivity contribution in [2.75, 3.05) is 0 Å². The third kappa shape index (κ3) is 2.04. The zero-order valence-electron chi connectivity index (χ0n) is 18.3. The van der Waals surface area contributed by atoms with Crippen LogP contribution in [0.2, 0.25) is 0 Å². The summed E-state index contributed by atoms with van der Waals surface area (Å²) in [7, 11) is 0. The van der Waals surface area contributed by atoms with E-state index in [9.17, 15) is 15.3 Å². The van der Waals surface area contributed by atoms with E-state index in [2.05, 4.69) is 22.6 Å². The van der Waals surface area contributed by atoms with Crippen LogP contribution in [0.1, 0.15) is 11.1 Å². The van der Waals surface area contributed by atoms with Crippen molar-refractivity contribution in [1.29, 1.82) is 10.5 Å². The summed E-state index contributed by atoms with van der Waals surface area (Å²) in [6.45, 7) is 0. The lowest BCUT2D eigenvalue weighted by atomic mass is 9.91. The molecule has 0 aliphatic rings. The highest BCUT2D eigenvalue weighted by Crippen LogP contribution is 2.45. The first kappa shape index (κ1) is 18.3. The number of hydrogen-bond acceptors (Lipinski definition) is 3. The summed E-state index contributed by atoms with van der Waals surface area (Å²) in [6.07, 6.45) is 0. The Kier molecular flexibility index (Phi) is 3.14. The number of benzene rings is 6. The van der Waals surface area contributed by atoms with Crippen LogP contribution in [0.3, 0.4) is 0 Å². The van der Waals surface area contributed by atoms with Gasteiger partial charge >= 0.3 is 0 Å². The molecule has 0 aliphatic heterocycles. The predicted octanol–water partition coefficient (Wildman–Crippen LogP) is 6.84. The number of rotatable bonds is 0. The fourth-order valence-electron chi connectivity index (χ4n) is 6.10. The van der Waals surface area contributed by atoms with Gasteiger partial charge < -0.3 is 4.40 Å². The van der Waals surface area contributed by atoms with Gasteiger partial charge in [0.15, 0.2) is 5.43 Å². The van der Waals surface area contributed by atoms with Crippen molar-refractivity contribution in [2.24, 2.45) is 0 Å². The molecule has 4 nitrogen and oxygen atoms in total. The lowest BCUT2D eigenvalue weighted by molar-refractivity contribution is 1.36. The fourth-order valence-corrected chi connectivity index (χ4v) is 6.10. The first-order valence-electron chi connectivity index (χ1n) is 11.4. The molecule has 0 atom stereocenters. The Morgan fingerprint density at radius 2 is 1.23 bits per heavy atom. The normalized spacial score (nSPS) is 12.1. The summed E-state index contributed by atoms with van der Waals surface area (Å²) in [6, 6.07) is 30.0. The highest BCUT2D eigenvalue weighted by molar-refractivity contribution is 6.37. The largest absolute Gasteiger partial charge is 0.308 e. The maximum atomic E-state index is 13.9. The minimum atomic E-state index is 0.0269. The number of aromatic nitrogens is 1. The lowest BCUT2D eigenvalue weighted by Gasteiger charge is -2.10. The Labute approximate surface area is 197 Å². The Morgan fingerprint density at radius 3 is 1.94 bits per heavy atom. The van der Waals surface area contributed by atoms with Gasteiger partial charge in [0, 0.05) is 43.1 Å². The molecule has 0 amide bonds. The maximum absolute atomic E-state index is 13.9. The van der Waals surface area contributed by atoms with Gasteiger partial charge in [0.05, 0.1) is 39.8 Å². The van der Waals surface area contributed by atoms with Crippen LogP contribution in [0.5, 0.6) is 0 Å². The number of hydrogen-bond donors (Lipinski definition) is 0. The molecule has 6 aromatic carbocycles. The molecule has 4 heteroatoms. The van der Waals surface area contributed by atoms with E-state index in [1.807, 2.05) is 72.8 Å². The van der Waals surface area contributed by atoms with Crippen LogP contribution in [0.25, 0.3) is 70.4 Å². The second-order valence-corrected chi connectivity index (χ2v) is 9.13. The Hall–Kier alpha value is -5.19. The maximum Gasteiger partial charge on any atom is 0.194 e. The van der Waals surface area contributed by atoms with Gasteiger partial charge in [-0.3, -0.25) is 4.79 Å². The molecule has 0 fully saturated rings. The molecule has 2 aromatic heterocycles. The summed E-state index contributed by atoms with van der Waals surface area (Å²) in [4.78, 5) is 13.9. The van der Waals surface area contributed by atoms with E-state index >= 15 is 0 Å². The SMILES string of the molecule is N#Cc1ccc2c3cc4c(=O)c5cccc6cccc(c65)c4c4c5ccc(C#N)cc5n(c2c1)c34. The molecule has 0 unspecified atom stereocenters. The number of nitrogens with zero attached hydrogens (tertiary/aromatic N) is 3. The summed E-state index contributed by atoms with van der Waals surface area (Å²) < 4.78 is 2.16. The van der Waals surface area contributed by atoms with E-state index in [1.54, 1.807) is 0 Å². The minimum Gasteiger partial charge on any atom is -0.308 e. The molecule has 0 spiro atoms. The van der Waals surface area contributed by atoms with Crippen LogP contribution in [0.15, 0.2) is 83.7 Å². The molecular formula is C31H13N3O. The van der Waals surface area contributed by atoms with Crippen molar-refractivity contribution in [3.8, 4) is 12.1 Å². The van der Waals surface area contributed by atoms with Gasteiger partial charge in [-0.05, 0) is 41.1 Å². The van der Waals surface area contributed by atoms with E-state index in [-0.39, 0.29) is 5.43 Å². The quantitative estimate of drug-likeness (QED) is 0.190. The second kappa shape index (κ2) is 6.03. The molecule has 0 saturated carbocycles. The van der Waals surface area contributed by atoms with Crippen LogP contribution in [-0.4, -0.2) is 4.40 Å². The van der Waals surface area contributed by atoms with Crippen molar-refractivity contribution >= 4 is 70.4 Å². The van der Waals surface area contributed by atoms with E-state index in [4.69, 9.17) is 0 Å². The zero-order chi connectivity index (χ0) is 23.4. The molecule has 158 valence electrons. The van der Waals surface area contributed by atoms with Crippen LogP contribution < -0.4 is 5.43 Å². The number of nitriles is 2. The molecule has 0 bridgehead atoms. The van der Waals surface area contributed by atoms with Gasteiger partial charge in [0.25, 0.3) is 0 Å². The Balaban J connectivity index is 1.81. The second-order valence-electron chi connectivity index (χ2n) is 9.13. The average molecular weight is 443 g/mol. The van der Waals surface area contributed by atoms with Crippen LogP contribution in [0.4, 0.5) is 0 Å². The van der Waals surface area contributed by atoms with Crippen LogP contribution in [0, 0.1) is 22.7 Å². The summed E-state index contributed by atoms with van der Waals surface area (Å²) in [5.41, 5.74) is 3.99. The van der Waals surface area contributed by atoms with Crippen molar-refractivity contribution in [3.05, 3.63) is 100 Å². The van der Waals surface area contributed by atoms with Gasteiger partial charge in [0.2, 0.25) is 0 Å². The van der Waals surface area contributed by atoms with Gasteiger partial charge in [-0.25, -0.2) is 0 Å². The van der Waals surface area contributed by atoms with Gasteiger partial charge in [0.1, 0.15) is 0 Å². The van der Waals surface area contributed by atoms with Crippen molar-refractivity contribution in [3.63, 3.8) is 0 Å². The third-order valence-electron chi connectivity index (χ3n) is 7.48. The third-order valence-corrected chi connectivity index (χ3v) is 7.48. The van der Waals surface area contributed by atoms with Gasteiger partial charge in [-0.15, -0.1) is 0 Å². The smallest absolute Gasteiger partial charge is 0.194 e. The Morgan fingerprint density at radius 1 is 0.571 bits per heavy atom. The summed E-state index contributed by atoms with van der Waals surface area (Å²) in [5, 5.41) is 28.6. The van der Waals surface area contributed by atoms with E-state index in [1.165, 1.54) is 0 Å². The molecule has 0 N–H and O–H groups in total. The average Bonchev–Trinajstić information content (AvgIpc) is 3.41. The molecule has 2 heterocycles. The Bertz CT molecular complexity index is 2360. The van der Waals surface area contributed by atoms with E-state index in [0.29, 0.717) is 16.5 Å². The van der Waals surface area contributed by atoms with E-state index in [0.717, 1.165) is 65.0 Å². The van der Waals surface area contributed by atoms with Gasteiger partial charge in [-0.1, -0.05) is 48.5 Å². The first-order valence-corrected chi connectivity index (χ1v) is 11.4. The summed E-state index contributed by atoms with van der Waals surface area (Å²) in [5.74, 6) is 0. The number of fused-ring (bicyclic) bond motifs is 9. The van der Waals surface area contributed by atoms with Crippen LogP contribution in [-0.2, 0) is 0 Å². The first-order chi connectivity index (χ1) is 17.2. The van der Waals surface area contributed by atoms with Gasteiger partial charge in [-0.2, -0.15) is 10.5 Å². The molecule has 35 heavy (non-hydrogen) atoms. The zero-order valence-corrected chi connectivity index (χ0v) is 18.3.